The Balaban J connectivity index is 1.90. The average molecular weight is 480 g/mol. The van der Waals surface area contributed by atoms with Gasteiger partial charge >= 0.3 is 5.97 Å². The highest BCUT2D eigenvalue weighted by Crippen LogP contribution is 2.28. The van der Waals surface area contributed by atoms with Gasteiger partial charge in [0.15, 0.2) is 5.11 Å². The van der Waals surface area contributed by atoms with Gasteiger partial charge < -0.3 is 19.1 Å². The second kappa shape index (κ2) is 11.8. The molecule has 9 heteroatoms. The number of rotatable bonds is 8. The predicted molar refractivity (Wildman–Crippen MR) is 132 cm³/mol. The van der Waals surface area contributed by atoms with Crippen molar-refractivity contribution < 1.29 is 23.8 Å². The molecule has 1 aromatic heterocycles. The Morgan fingerprint density at radius 3 is 2.15 bits per heavy atom. The fourth-order valence-electron chi connectivity index (χ4n) is 3.25. The molecule has 1 N–H and O–H groups in total. The summed E-state index contributed by atoms with van der Waals surface area (Å²) in [7, 11) is 2.95. The third-order valence-electron chi connectivity index (χ3n) is 4.90. The van der Waals surface area contributed by atoms with Crippen molar-refractivity contribution in [3.05, 3.63) is 83.7 Å². The largest absolute Gasteiger partial charge is 0.496 e. The third-order valence-corrected chi connectivity index (χ3v) is 5.22. The molecule has 1 amide bonds. The molecular formula is C25H25N3O5S. The number of benzene rings is 2. The van der Waals surface area contributed by atoms with Gasteiger partial charge in [-0.1, -0.05) is 6.07 Å². The minimum absolute atomic E-state index is 0.165. The Kier molecular flexibility index (Phi) is 8.53. The van der Waals surface area contributed by atoms with Crippen molar-refractivity contribution in [1.82, 2.24) is 10.3 Å². The highest BCUT2D eigenvalue weighted by molar-refractivity contribution is 7.80. The van der Waals surface area contributed by atoms with Crippen molar-refractivity contribution in [2.24, 2.45) is 0 Å². The summed E-state index contributed by atoms with van der Waals surface area (Å²) in [6, 6.07) is 15.6. The number of methoxy groups -OCH3 is 2. The first-order valence-electron chi connectivity index (χ1n) is 10.5. The molecule has 0 bridgehead atoms. The summed E-state index contributed by atoms with van der Waals surface area (Å²) in [4.78, 5) is 31.0. The standard InChI is InChI=1S/C25H25N3O5S/c1-4-33-24(30)18-8-10-19(11-9-18)28(16-17-12-14-26-15-13-17)25(34)27-23(29)22-20(31-2)6-5-7-21(22)32-3/h5-15H,4,16H2,1-3H3,(H,27,29,34). The molecule has 2 aromatic carbocycles. The minimum Gasteiger partial charge on any atom is -0.496 e. The smallest absolute Gasteiger partial charge is 0.338 e. The van der Waals surface area contributed by atoms with Crippen LogP contribution >= 0.6 is 12.2 Å². The highest BCUT2D eigenvalue weighted by Gasteiger charge is 2.22. The van der Waals surface area contributed by atoms with E-state index in [2.05, 4.69) is 10.3 Å². The monoisotopic (exact) mass is 479 g/mol. The zero-order chi connectivity index (χ0) is 24.5. The first kappa shape index (κ1) is 24.7. The Hall–Kier alpha value is -3.98. The molecule has 0 atom stereocenters. The molecule has 0 aliphatic heterocycles. The van der Waals surface area contributed by atoms with Crippen molar-refractivity contribution >= 4 is 34.9 Å². The molecule has 1 heterocycles. The number of amides is 1. The molecule has 0 radical (unpaired) electrons. The molecule has 3 rings (SSSR count). The summed E-state index contributed by atoms with van der Waals surface area (Å²) < 4.78 is 15.7. The zero-order valence-corrected chi connectivity index (χ0v) is 19.9. The lowest BCUT2D eigenvalue weighted by Crippen LogP contribution is -2.42. The van der Waals surface area contributed by atoms with Gasteiger partial charge in [-0.3, -0.25) is 15.1 Å². The topological polar surface area (TPSA) is 90.0 Å². The van der Waals surface area contributed by atoms with Gasteiger partial charge in [0, 0.05) is 18.1 Å². The molecule has 3 aromatic rings. The molecule has 0 saturated carbocycles. The van der Waals surface area contributed by atoms with Crippen LogP contribution in [0.5, 0.6) is 11.5 Å². The van der Waals surface area contributed by atoms with E-state index >= 15 is 0 Å². The number of thiocarbonyl (C=S) groups is 1. The zero-order valence-electron chi connectivity index (χ0n) is 19.1. The molecule has 0 unspecified atom stereocenters. The van der Waals surface area contributed by atoms with E-state index in [1.54, 1.807) is 66.7 Å². The van der Waals surface area contributed by atoms with Crippen molar-refractivity contribution in [2.45, 2.75) is 13.5 Å². The quantitative estimate of drug-likeness (QED) is 0.383. The molecule has 176 valence electrons. The summed E-state index contributed by atoms with van der Waals surface area (Å²) in [5.41, 5.74) is 2.26. The SMILES string of the molecule is CCOC(=O)c1ccc(N(Cc2ccncc2)C(=S)NC(=O)c2c(OC)cccc2OC)cc1. The van der Waals surface area contributed by atoms with Crippen LogP contribution in [-0.4, -0.2) is 42.8 Å². The molecule has 34 heavy (non-hydrogen) atoms. The Labute approximate surface area is 203 Å². The summed E-state index contributed by atoms with van der Waals surface area (Å²) in [5, 5.41) is 2.94. The lowest BCUT2D eigenvalue weighted by atomic mass is 10.1. The summed E-state index contributed by atoms with van der Waals surface area (Å²) >= 11 is 5.62. The van der Waals surface area contributed by atoms with E-state index < -0.39 is 11.9 Å². The van der Waals surface area contributed by atoms with E-state index in [0.717, 1.165) is 5.56 Å². The number of anilines is 1. The van der Waals surface area contributed by atoms with Gasteiger partial charge in [0.05, 0.1) is 32.9 Å². The molecule has 0 saturated heterocycles. The van der Waals surface area contributed by atoms with E-state index in [9.17, 15) is 9.59 Å². The second-order valence-electron chi connectivity index (χ2n) is 7.01. The molecule has 0 spiro atoms. The highest BCUT2D eigenvalue weighted by atomic mass is 32.1. The van der Waals surface area contributed by atoms with Gasteiger partial charge in [0.1, 0.15) is 17.1 Å². The first-order chi connectivity index (χ1) is 16.5. The van der Waals surface area contributed by atoms with Gasteiger partial charge in [-0.2, -0.15) is 0 Å². The number of esters is 1. The van der Waals surface area contributed by atoms with Crippen molar-refractivity contribution in [2.75, 3.05) is 25.7 Å². The van der Waals surface area contributed by atoms with Crippen LogP contribution in [0.4, 0.5) is 5.69 Å². The number of aromatic nitrogens is 1. The number of nitrogens with one attached hydrogen (secondary N) is 1. The van der Waals surface area contributed by atoms with Crippen LogP contribution in [0.15, 0.2) is 67.0 Å². The molecule has 0 aliphatic carbocycles. The van der Waals surface area contributed by atoms with E-state index in [1.807, 2.05) is 12.1 Å². The first-order valence-corrected chi connectivity index (χ1v) is 10.9. The van der Waals surface area contributed by atoms with Crippen LogP contribution in [0, 0.1) is 0 Å². The lowest BCUT2D eigenvalue weighted by Gasteiger charge is -2.26. The summed E-state index contributed by atoms with van der Waals surface area (Å²) in [5.74, 6) is -0.158. The Morgan fingerprint density at radius 1 is 0.971 bits per heavy atom. The number of nitrogens with zero attached hydrogens (tertiary/aromatic N) is 2. The van der Waals surface area contributed by atoms with E-state index in [-0.39, 0.29) is 17.3 Å². The fourth-order valence-corrected chi connectivity index (χ4v) is 3.51. The number of ether oxygens (including phenoxy) is 3. The summed E-state index contributed by atoms with van der Waals surface area (Å²) in [6.07, 6.45) is 3.36. The van der Waals surface area contributed by atoms with Gasteiger partial charge in [-0.05, 0) is 73.2 Å². The van der Waals surface area contributed by atoms with Crippen molar-refractivity contribution in [1.29, 1.82) is 0 Å². The molecule has 8 nitrogen and oxygen atoms in total. The van der Waals surface area contributed by atoms with Crippen LogP contribution in [0.1, 0.15) is 33.2 Å². The normalized spacial score (nSPS) is 10.2. The van der Waals surface area contributed by atoms with Gasteiger partial charge in [-0.25, -0.2) is 4.79 Å². The molecular weight excluding hydrogens is 454 g/mol. The van der Waals surface area contributed by atoms with Crippen LogP contribution < -0.4 is 19.7 Å². The van der Waals surface area contributed by atoms with E-state index in [0.29, 0.717) is 29.3 Å². The van der Waals surface area contributed by atoms with Crippen LogP contribution in [0.3, 0.4) is 0 Å². The van der Waals surface area contributed by atoms with Crippen LogP contribution in [-0.2, 0) is 11.3 Å². The average Bonchev–Trinajstić information content (AvgIpc) is 2.87. The fraction of sp³-hybridized carbons (Fsp3) is 0.200. The number of carbonyl (C=O) groups excluding carboxylic acids is 2. The maximum atomic E-state index is 13.2. The molecule has 0 fully saturated rings. The van der Waals surface area contributed by atoms with Gasteiger partial charge in [0.25, 0.3) is 5.91 Å². The predicted octanol–water partition coefficient (Wildman–Crippen LogP) is 4.00. The Bertz CT molecular complexity index is 1130. The lowest BCUT2D eigenvalue weighted by molar-refractivity contribution is 0.0526. The van der Waals surface area contributed by atoms with E-state index in [1.165, 1.54) is 14.2 Å². The number of hydrogen-bond acceptors (Lipinski definition) is 7. The Morgan fingerprint density at radius 2 is 1.59 bits per heavy atom. The number of pyridine rings is 1. The van der Waals surface area contributed by atoms with E-state index in [4.69, 9.17) is 26.4 Å². The van der Waals surface area contributed by atoms with Crippen molar-refractivity contribution in [3.63, 3.8) is 0 Å². The number of hydrogen-bond donors (Lipinski definition) is 1. The van der Waals surface area contributed by atoms with Crippen LogP contribution in [0.25, 0.3) is 0 Å². The summed E-state index contributed by atoms with van der Waals surface area (Å²) in [6.45, 7) is 2.40. The third kappa shape index (κ3) is 5.87. The van der Waals surface area contributed by atoms with Gasteiger partial charge in [-0.15, -0.1) is 0 Å². The van der Waals surface area contributed by atoms with Crippen molar-refractivity contribution in [3.8, 4) is 11.5 Å². The van der Waals surface area contributed by atoms with Gasteiger partial charge in [0.2, 0.25) is 0 Å². The maximum absolute atomic E-state index is 13.2. The maximum Gasteiger partial charge on any atom is 0.338 e. The minimum atomic E-state index is -0.470. The molecule has 0 aliphatic rings. The second-order valence-corrected chi connectivity index (χ2v) is 7.39. The van der Waals surface area contributed by atoms with Crippen LogP contribution in [0.2, 0.25) is 0 Å². The number of carbonyl (C=O) groups is 2.